The summed E-state index contributed by atoms with van der Waals surface area (Å²) in [7, 11) is 2.30. The first-order valence-corrected chi connectivity index (χ1v) is 7.18. The van der Waals surface area contributed by atoms with E-state index in [9.17, 15) is 0 Å². The van der Waals surface area contributed by atoms with Gasteiger partial charge in [0.15, 0.2) is 0 Å². The first-order valence-electron chi connectivity index (χ1n) is 7.18. The van der Waals surface area contributed by atoms with Crippen molar-refractivity contribution in [3.63, 3.8) is 0 Å². The molecule has 0 aliphatic carbocycles. The molecule has 2 atom stereocenters. The summed E-state index contributed by atoms with van der Waals surface area (Å²) < 4.78 is 0. The van der Waals surface area contributed by atoms with E-state index in [1.165, 1.54) is 31.4 Å². The highest BCUT2D eigenvalue weighted by Crippen LogP contribution is 2.34. The van der Waals surface area contributed by atoms with Crippen LogP contribution in [0.4, 0.5) is 0 Å². The molecule has 2 unspecified atom stereocenters. The zero-order valence-corrected chi connectivity index (χ0v) is 11.2. The van der Waals surface area contributed by atoms with Crippen LogP contribution in [0.15, 0.2) is 24.4 Å². The topological polar surface area (TPSA) is 28.2 Å². The number of fused-ring (bicyclic) bond motifs is 2. The molecule has 2 aliphatic rings. The maximum atomic E-state index is 4.37. The SMILES string of the molecule is CN1C2CCC1CC(NCCc1ccccn1)C2. The highest BCUT2D eigenvalue weighted by Gasteiger charge is 2.37. The molecule has 3 heterocycles. The maximum Gasteiger partial charge on any atom is 0.0416 e. The lowest BCUT2D eigenvalue weighted by molar-refractivity contribution is 0.149. The molecule has 18 heavy (non-hydrogen) atoms. The van der Waals surface area contributed by atoms with Gasteiger partial charge < -0.3 is 10.2 Å². The Morgan fingerprint density at radius 1 is 1.28 bits per heavy atom. The number of nitrogens with zero attached hydrogens (tertiary/aromatic N) is 2. The van der Waals surface area contributed by atoms with Crippen molar-refractivity contribution < 1.29 is 0 Å². The normalized spacial score (nSPS) is 31.7. The van der Waals surface area contributed by atoms with E-state index in [1.807, 2.05) is 12.3 Å². The van der Waals surface area contributed by atoms with Crippen LogP contribution in [0.3, 0.4) is 0 Å². The summed E-state index contributed by atoms with van der Waals surface area (Å²) in [5.41, 5.74) is 1.20. The van der Waals surface area contributed by atoms with E-state index < -0.39 is 0 Å². The largest absolute Gasteiger partial charge is 0.313 e. The third-order valence-corrected chi connectivity index (χ3v) is 4.64. The molecule has 98 valence electrons. The van der Waals surface area contributed by atoms with Gasteiger partial charge in [0.1, 0.15) is 0 Å². The van der Waals surface area contributed by atoms with E-state index in [0.717, 1.165) is 31.1 Å². The summed E-state index contributed by atoms with van der Waals surface area (Å²) in [5, 5.41) is 3.72. The summed E-state index contributed by atoms with van der Waals surface area (Å²) in [4.78, 5) is 6.96. The number of hydrogen-bond acceptors (Lipinski definition) is 3. The second-order valence-electron chi connectivity index (χ2n) is 5.74. The van der Waals surface area contributed by atoms with Crippen molar-refractivity contribution in [2.45, 2.75) is 50.2 Å². The number of aromatic nitrogens is 1. The van der Waals surface area contributed by atoms with Crippen molar-refractivity contribution in [1.82, 2.24) is 15.2 Å². The predicted octanol–water partition coefficient (Wildman–Crippen LogP) is 1.84. The maximum absolute atomic E-state index is 4.37. The Balaban J connectivity index is 1.45. The van der Waals surface area contributed by atoms with E-state index in [4.69, 9.17) is 0 Å². The van der Waals surface area contributed by atoms with E-state index in [0.29, 0.717) is 0 Å². The molecule has 1 N–H and O–H groups in total. The molecular formula is C15H23N3. The predicted molar refractivity (Wildman–Crippen MR) is 73.5 cm³/mol. The first kappa shape index (κ1) is 12.1. The lowest BCUT2D eigenvalue weighted by atomic mass is 9.98. The quantitative estimate of drug-likeness (QED) is 0.877. The van der Waals surface area contributed by atoms with Crippen molar-refractivity contribution in [3.8, 4) is 0 Å². The molecule has 0 saturated carbocycles. The average molecular weight is 245 g/mol. The van der Waals surface area contributed by atoms with E-state index >= 15 is 0 Å². The Labute approximate surface area is 110 Å². The highest BCUT2D eigenvalue weighted by atomic mass is 15.2. The molecule has 0 amide bonds. The van der Waals surface area contributed by atoms with Crippen LogP contribution in [-0.4, -0.2) is 41.6 Å². The van der Waals surface area contributed by atoms with Gasteiger partial charge in [-0.2, -0.15) is 0 Å². The second kappa shape index (κ2) is 5.37. The fourth-order valence-corrected chi connectivity index (χ4v) is 3.53. The first-order chi connectivity index (χ1) is 8.83. The molecule has 3 rings (SSSR count). The number of hydrogen-bond donors (Lipinski definition) is 1. The molecule has 1 aromatic rings. The third-order valence-electron chi connectivity index (χ3n) is 4.64. The number of piperidine rings is 1. The molecule has 1 aromatic heterocycles. The van der Waals surface area contributed by atoms with Crippen LogP contribution < -0.4 is 5.32 Å². The molecule has 2 bridgehead atoms. The minimum absolute atomic E-state index is 0.724. The zero-order chi connectivity index (χ0) is 12.4. The average Bonchev–Trinajstić information content (AvgIpc) is 2.64. The molecule has 0 radical (unpaired) electrons. The summed E-state index contributed by atoms with van der Waals surface area (Å²) in [5.74, 6) is 0. The van der Waals surface area contributed by atoms with Gasteiger partial charge in [0.05, 0.1) is 0 Å². The minimum Gasteiger partial charge on any atom is -0.313 e. The van der Waals surface area contributed by atoms with E-state index in [1.54, 1.807) is 0 Å². The van der Waals surface area contributed by atoms with Gasteiger partial charge in [0, 0.05) is 43.0 Å². The summed E-state index contributed by atoms with van der Waals surface area (Å²) in [6.45, 7) is 1.06. The van der Waals surface area contributed by atoms with Crippen LogP contribution in [0.2, 0.25) is 0 Å². The van der Waals surface area contributed by atoms with Crippen LogP contribution in [-0.2, 0) is 6.42 Å². The molecule has 2 saturated heterocycles. The van der Waals surface area contributed by atoms with Crippen molar-refractivity contribution in [1.29, 1.82) is 0 Å². The summed E-state index contributed by atoms with van der Waals surface area (Å²) >= 11 is 0. The Hall–Kier alpha value is -0.930. The molecule has 3 heteroatoms. The Kier molecular flexibility index (Phi) is 3.62. The lowest BCUT2D eigenvalue weighted by Crippen LogP contribution is -2.47. The Morgan fingerprint density at radius 2 is 2.06 bits per heavy atom. The second-order valence-corrected chi connectivity index (χ2v) is 5.74. The van der Waals surface area contributed by atoms with Gasteiger partial charge in [-0.25, -0.2) is 0 Å². The number of pyridine rings is 1. The summed E-state index contributed by atoms with van der Waals surface area (Å²) in [6.07, 6.45) is 8.39. The van der Waals surface area contributed by atoms with Crippen LogP contribution in [0, 0.1) is 0 Å². The van der Waals surface area contributed by atoms with Gasteiger partial charge in [0.2, 0.25) is 0 Å². The van der Waals surface area contributed by atoms with Gasteiger partial charge in [-0.1, -0.05) is 6.07 Å². The van der Waals surface area contributed by atoms with Gasteiger partial charge >= 0.3 is 0 Å². The van der Waals surface area contributed by atoms with Crippen molar-refractivity contribution in [2.75, 3.05) is 13.6 Å². The van der Waals surface area contributed by atoms with Crippen molar-refractivity contribution >= 4 is 0 Å². The van der Waals surface area contributed by atoms with Crippen molar-refractivity contribution in [3.05, 3.63) is 30.1 Å². The van der Waals surface area contributed by atoms with E-state index in [-0.39, 0.29) is 0 Å². The molecule has 2 aliphatic heterocycles. The Morgan fingerprint density at radius 3 is 2.72 bits per heavy atom. The number of rotatable bonds is 4. The zero-order valence-electron chi connectivity index (χ0n) is 11.2. The van der Waals surface area contributed by atoms with Gasteiger partial charge in [-0.3, -0.25) is 4.98 Å². The fraction of sp³-hybridized carbons (Fsp3) is 0.667. The fourth-order valence-electron chi connectivity index (χ4n) is 3.53. The van der Waals surface area contributed by atoms with Crippen LogP contribution >= 0.6 is 0 Å². The van der Waals surface area contributed by atoms with Gasteiger partial charge in [0.25, 0.3) is 0 Å². The van der Waals surface area contributed by atoms with E-state index in [2.05, 4.69) is 34.4 Å². The molecule has 2 fully saturated rings. The smallest absolute Gasteiger partial charge is 0.0416 e. The molecular weight excluding hydrogens is 222 g/mol. The highest BCUT2D eigenvalue weighted by molar-refractivity contribution is 5.04. The van der Waals surface area contributed by atoms with Crippen LogP contribution in [0.1, 0.15) is 31.4 Å². The Bertz CT molecular complexity index is 365. The van der Waals surface area contributed by atoms with Crippen LogP contribution in [0.5, 0.6) is 0 Å². The van der Waals surface area contributed by atoms with Gasteiger partial charge in [-0.15, -0.1) is 0 Å². The molecule has 0 spiro atoms. The standard InChI is InChI=1S/C15H23N3/c1-18-14-5-6-15(18)11-13(10-14)17-9-7-12-4-2-3-8-16-12/h2-4,8,13-15,17H,5-7,9-11H2,1H3. The monoisotopic (exact) mass is 245 g/mol. The third kappa shape index (κ3) is 2.57. The summed E-state index contributed by atoms with van der Waals surface area (Å²) in [6, 6.07) is 8.54. The van der Waals surface area contributed by atoms with Crippen LogP contribution in [0.25, 0.3) is 0 Å². The minimum atomic E-state index is 0.724. The number of nitrogens with one attached hydrogen (secondary N) is 1. The van der Waals surface area contributed by atoms with Gasteiger partial charge in [-0.05, 0) is 44.9 Å². The molecule has 3 nitrogen and oxygen atoms in total. The lowest BCUT2D eigenvalue weighted by Gasteiger charge is -2.36. The molecule has 0 aromatic carbocycles. The van der Waals surface area contributed by atoms with Crippen molar-refractivity contribution in [2.24, 2.45) is 0 Å².